The minimum Gasteiger partial charge on any atom is -0.457 e. The molecule has 2 aromatic heterocycles. The van der Waals surface area contributed by atoms with E-state index in [0.29, 0.717) is 17.0 Å². The average Bonchev–Trinajstić information content (AvgIpc) is 3.11. The monoisotopic (exact) mass is 361 g/mol. The number of hydrogen-bond acceptors (Lipinski definition) is 5. The minimum absolute atomic E-state index is 0.165. The number of ether oxygens (including phenoxy) is 1. The lowest BCUT2D eigenvalue weighted by Gasteiger charge is -2.06. The zero-order valence-electron chi connectivity index (χ0n) is 14.0. The van der Waals surface area contributed by atoms with Gasteiger partial charge in [0.05, 0.1) is 11.6 Å². The highest BCUT2D eigenvalue weighted by atomic mass is 32.1. The van der Waals surface area contributed by atoms with Gasteiger partial charge in [-0.3, -0.25) is 4.79 Å². The Morgan fingerprint density at radius 1 is 1.08 bits per heavy atom. The van der Waals surface area contributed by atoms with Crippen LogP contribution in [0.1, 0.15) is 11.4 Å². The highest BCUT2D eigenvalue weighted by molar-refractivity contribution is 7.16. The maximum absolute atomic E-state index is 12.5. The molecule has 0 aliphatic carbocycles. The summed E-state index contributed by atoms with van der Waals surface area (Å²) in [6, 6.07) is 18.9. The Morgan fingerprint density at radius 3 is 2.73 bits per heavy atom. The van der Waals surface area contributed by atoms with Crippen LogP contribution in [0.15, 0.2) is 75.9 Å². The molecular weight excluding hydrogens is 346 g/mol. The van der Waals surface area contributed by atoms with E-state index in [4.69, 9.17) is 4.74 Å². The molecule has 2 aromatic carbocycles. The van der Waals surface area contributed by atoms with Gasteiger partial charge in [-0.15, -0.1) is 11.3 Å². The van der Waals surface area contributed by atoms with Gasteiger partial charge in [0, 0.05) is 0 Å². The van der Waals surface area contributed by atoms with Crippen molar-refractivity contribution in [1.82, 2.24) is 9.66 Å². The van der Waals surface area contributed by atoms with Gasteiger partial charge in [0.25, 0.3) is 5.56 Å². The first-order chi connectivity index (χ1) is 12.7. The van der Waals surface area contributed by atoms with Crippen molar-refractivity contribution in [2.75, 3.05) is 0 Å². The number of para-hydroxylation sites is 1. The molecule has 0 spiro atoms. The van der Waals surface area contributed by atoms with E-state index in [1.165, 1.54) is 16.0 Å². The fourth-order valence-electron chi connectivity index (χ4n) is 2.55. The molecule has 26 heavy (non-hydrogen) atoms. The number of thiophene rings is 1. The summed E-state index contributed by atoms with van der Waals surface area (Å²) in [4.78, 5) is 17.7. The summed E-state index contributed by atoms with van der Waals surface area (Å²) in [6.45, 7) is 1.77. The number of aromatic nitrogens is 2. The van der Waals surface area contributed by atoms with Crippen molar-refractivity contribution in [3.63, 3.8) is 0 Å². The molecule has 0 fully saturated rings. The summed E-state index contributed by atoms with van der Waals surface area (Å²) < 4.78 is 7.14. The van der Waals surface area contributed by atoms with E-state index in [1.54, 1.807) is 19.2 Å². The third-order valence-electron chi connectivity index (χ3n) is 3.80. The van der Waals surface area contributed by atoms with E-state index in [0.717, 1.165) is 16.1 Å². The van der Waals surface area contributed by atoms with Crippen LogP contribution in [0.5, 0.6) is 11.5 Å². The van der Waals surface area contributed by atoms with Gasteiger partial charge >= 0.3 is 0 Å². The molecule has 0 amide bonds. The summed E-state index contributed by atoms with van der Waals surface area (Å²) in [7, 11) is 0. The number of benzene rings is 2. The molecule has 0 N–H and O–H groups in total. The Kier molecular flexibility index (Phi) is 4.33. The molecule has 4 aromatic rings. The molecule has 0 saturated heterocycles. The smallest absolute Gasteiger partial charge is 0.282 e. The van der Waals surface area contributed by atoms with Gasteiger partial charge in [-0.25, -0.2) is 4.98 Å². The summed E-state index contributed by atoms with van der Waals surface area (Å²) in [6.07, 6.45) is 1.63. The predicted molar refractivity (Wildman–Crippen MR) is 105 cm³/mol. The molecule has 0 aliphatic heterocycles. The first-order valence-electron chi connectivity index (χ1n) is 8.05. The lowest BCUT2D eigenvalue weighted by Crippen LogP contribution is -2.19. The maximum Gasteiger partial charge on any atom is 0.282 e. The molecule has 0 bridgehead atoms. The summed E-state index contributed by atoms with van der Waals surface area (Å²) in [5.41, 5.74) is 0.664. The van der Waals surface area contributed by atoms with E-state index < -0.39 is 0 Å². The molecule has 4 rings (SSSR count). The Hall–Kier alpha value is -3.25. The van der Waals surface area contributed by atoms with Crippen molar-refractivity contribution in [3.8, 4) is 11.5 Å². The van der Waals surface area contributed by atoms with Crippen LogP contribution >= 0.6 is 11.3 Å². The lowest BCUT2D eigenvalue weighted by atomic mass is 10.2. The Labute approximate surface area is 153 Å². The van der Waals surface area contributed by atoms with Crippen LogP contribution in [0.2, 0.25) is 0 Å². The SMILES string of the molecule is Cc1nc2sccc2c(=O)n1/N=C\c1cccc(Oc2ccccc2)c1. The molecule has 0 aliphatic rings. The fourth-order valence-corrected chi connectivity index (χ4v) is 3.35. The molecular formula is C20H15N3O2S. The quantitative estimate of drug-likeness (QED) is 0.505. The topological polar surface area (TPSA) is 56.5 Å². The molecule has 0 unspecified atom stereocenters. The van der Waals surface area contributed by atoms with Crippen molar-refractivity contribution in [1.29, 1.82) is 0 Å². The highest BCUT2D eigenvalue weighted by Gasteiger charge is 2.07. The first kappa shape index (κ1) is 16.2. The Morgan fingerprint density at radius 2 is 1.88 bits per heavy atom. The zero-order chi connectivity index (χ0) is 17.9. The maximum atomic E-state index is 12.5. The van der Waals surface area contributed by atoms with E-state index in [1.807, 2.05) is 60.0 Å². The van der Waals surface area contributed by atoms with Crippen LogP contribution in [0, 0.1) is 6.92 Å². The fraction of sp³-hybridized carbons (Fsp3) is 0.0500. The summed E-state index contributed by atoms with van der Waals surface area (Å²) >= 11 is 1.45. The first-order valence-corrected chi connectivity index (χ1v) is 8.93. The van der Waals surface area contributed by atoms with Crippen LogP contribution in [-0.4, -0.2) is 15.9 Å². The second kappa shape index (κ2) is 6.93. The van der Waals surface area contributed by atoms with Gasteiger partial charge in [0.2, 0.25) is 0 Å². The third-order valence-corrected chi connectivity index (χ3v) is 4.60. The van der Waals surface area contributed by atoms with Crippen LogP contribution in [0.25, 0.3) is 10.2 Å². The normalized spacial score (nSPS) is 11.3. The van der Waals surface area contributed by atoms with Gasteiger partial charge in [0.15, 0.2) is 0 Å². The molecule has 128 valence electrons. The molecule has 0 saturated carbocycles. The van der Waals surface area contributed by atoms with Crippen LogP contribution < -0.4 is 10.3 Å². The Balaban J connectivity index is 1.63. The Bertz CT molecular complexity index is 1150. The predicted octanol–water partition coefficient (Wildman–Crippen LogP) is 4.44. The molecule has 0 radical (unpaired) electrons. The van der Waals surface area contributed by atoms with E-state index in [9.17, 15) is 4.79 Å². The van der Waals surface area contributed by atoms with Crippen molar-refractivity contribution >= 4 is 27.8 Å². The standard InChI is InChI=1S/C20H15N3O2S/c1-14-22-19-18(10-11-26-19)20(24)23(14)21-13-15-6-5-9-17(12-15)25-16-7-3-2-4-8-16/h2-13H,1H3/b21-13-. The molecule has 2 heterocycles. The molecule has 5 nitrogen and oxygen atoms in total. The average molecular weight is 361 g/mol. The van der Waals surface area contributed by atoms with Crippen molar-refractivity contribution in [2.45, 2.75) is 6.92 Å². The largest absolute Gasteiger partial charge is 0.457 e. The van der Waals surface area contributed by atoms with Gasteiger partial charge in [0.1, 0.15) is 22.2 Å². The lowest BCUT2D eigenvalue weighted by molar-refractivity contribution is 0.482. The highest BCUT2D eigenvalue weighted by Crippen LogP contribution is 2.21. The van der Waals surface area contributed by atoms with Crippen LogP contribution in [-0.2, 0) is 0 Å². The molecule has 0 atom stereocenters. The number of hydrogen-bond donors (Lipinski definition) is 0. The van der Waals surface area contributed by atoms with Crippen molar-refractivity contribution in [2.24, 2.45) is 5.10 Å². The summed E-state index contributed by atoms with van der Waals surface area (Å²) in [5.74, 6) is 2.02. The minimum atomic E-state index is -0.165. The number of nitrogens with zero attached hydrogens (tertiary/aromatic N) is 3. The zero-order valence-corrected chi connectivity index (χ0v) is 14.8. The third kappa shape index (κ3) is 3.27. The van der Waals surface area contributed by atoms with Crippen molar-refractivity contribution in [3.05, 3.63) is 87.8 Å². The number of fused-ring (bicyclic) bond motifs is 1. The molecule has 6 heteroatoms. The second-order valence-corrected chi connectivity index (χ2v) is 6.54. The number of rotatable bonds is 4. The van der Waals surface area contributed by atoms with Gasteiger partial charge < -0.3 is 4.74 Å². The van der Waals surface area contributed by atoms with Crippen molar-refractivity contribution < 1.29 is 4.74 Å². The summed E-state index contributed by atoms with van der Waals surface area (Å²) in [5, 5.41) is 6.76. The van der Waals surface area contributed by atoms with Crippen LogP contribution in [0.4, 0.5) is 0 Å². The van der Waals surface area contributed by atoms with E-state index in [2.05, 4.69) is 10.1 Å². The van der Waals surface area contributed by atoms with E-state index >= 15 is 0 Å². The van der Waals surface area contributed by atoms with Gasteiger partial charge in [-0.05, 0) is 48.2 Å². The van der Waals surface area contributed by atoms with Gasteiger partial charge in [-0.1, -0.05) is 30.3 Å². The number of aryl methyl sites for hydroxylation is 1. The van der Waals surface area contributed by atoms with Gasteiger partial charge in [-0.2, -0.15) is 9.78 Å². The van der Waals surface area contributed by atoms with E-state index in [-0.39, 0.29) is 5.56 Å². The second-order valence-electron chi connectivity index (χ2n) is 5.65. The van der Waals surface area contributed by atoms with Crippen LogP contribution in [0.3, 0.4) is 0 Å².